The summed E-state index contributed by atoms with van der Waals surface area (Å²) in [5.74, 6) is 0.392. The third kappa shape index (κ3) is 4.55. The Kier molecular flexibility index (Phi) is 6.08. The first kappa shape index (κ1) is 22.2. The van der Waals surface area contributed by atoms with E-state index in [1.165, 1.54) is 16.4 Å². The molecule has 5 rings (SSSR count). The van der Waals surface area contributed by atoms with Crippen molar-refractivity contribution in [2.75, 3.05) is 31.1 Å². The minimum absolute atomic E-state index is 0.295. The van der Waals surface area contributed by atoms with Gasteiger partial charge in [-0.1, -0.05) is 42.5 Å². The second-order valence-electron chi connectivity index (χ2n) is 8.07. The predicted molar refractivity (Wildman–Crippen MR) is 130 cm³/mol. The lowest BCUT2D eigenvalue weighted by Gasteiger charge is -2.34. The van der Waals surface area contributed by atoms with Gasteiger partial charge in [0.15, 0.2) is 5.82 Å². The second-order valence-corrected chi connectivity index (χ2v) is 10.0. The Balaban J connectivity index is 1.24. The summed E-state index contributed by atoms with van der Waals surface area (Å²) in [7, 11) is -3.57. The average molecular weight is 475 g/mol. The molecule has 172 valence electrons. The largest absolute Gasteiger partial charge is 0.352 e. The highest BCUT2D eigenvalue weighted by Gasteiger charge is 2.29. The van der Waals surface area contributed by atoms with Crippen LogP contribution in [0.15, 0.2) is 95.9 Å². The molecule has 4 aromatic rings. The molecule has 0 bridgehead atoms. The Morgan fingerprint density at radius 3 is 1.88 bits per heavy atom. The van der Waals surface area contributed by atoms with Gasteiger partial charge in [0, 0.05) is 31.7 Å². The molecule has 1 aliphatic rings. The molecule has 1 saturated heterocycles. The Labute approximate surface area is 198 Å². The SMILES string of the molecule is O=S(=O)(c1ccc(-c2ccccc2)cc1)N1CCN(c2ccc(-c3ccc(F)cc3)nn2)CC1. The third-order valence-electron chi connectivity index (χ3n) is 5.95. The van der Waals surface area contributed by atoms with Crippen LogP contribution in [-0.4, -0.2) is 49.1 Å². The molecule has 0 amide bonds. The number of nitrogens with zero attached hydrogens (tertiary/aromatic N) is 4. The van der Waals surface area contributed by atoms with E-state index in [1.807, 2.05) is 59.5 Å². The molecule has 0 aliphatic carbocycles. The van der Waals surface area contributed by atoms with E-state index in [1.54, 1.807) is 24.3 Å². The van der Waals surface area contributed by atoms with Crippen molar-refractivity contribution < 1.29 is 12.8 Å². The molecule has 6 nitrogen and oxygen atoms in total. The maximum atomic E-state index is 13.2. The first-order chi connectivity index (χ1) is 16.5. The van der Waals surface area contributed by atoms with Gasteiger partial charge in [0.2, 0.25) is 10.0 Å². The molecule has 0 unspecified atom stereocenters. The molecule has 2 heterocycles. The molecule has 0 spiro atoms. The summed E-state index contributed by atoms with van der Waals surface area (Å²) in [5.41, 5.74) is 3.47. The highest BCUT2D eigenvalue weighted by atomic mass is 32.2. The summed E-state index contributed by atoms with van der Waals surface area (Å²) in [6.07, 6.45) is 0. The molecule has 1 aromatic heterocycles. The zero-order valence-electron chi connectivity index (χ0n) is 18.4. The van der Waals surface area contributed by atoms with E-state index in [-0.39, 0.29) is 5.82 Å². The van der Waals surface area contributed by atoms with Gasteiger partial charge in [0.1, 0.15) is 5.82 Å². The summed E-state index contributed by atoms with van der Waals surface area (Å²) in [6.45, 7) is 1.77. The quantitative estimate of drug-likeness (QED) is 0.427. The molecule has 0 saturated carbocycles. The number of piperazine rings is 1. The van der Waals surface area contributed by atoms with Crippen molar-refractivity contribution >= 4 is 15.8 Å². The lowest BCUT2D eigenvalue weighted by molar-refractivity contribution is 0.383. The Morgan fingerprint density at radius 2 is 1.26 bits per heavy atom. The van der Waals surface area contributed by atoms with Gasteiger partial charge < -0.3 is 4.90 Å². The first-order valence-corrected chi connectivity index (χ1v) is 12.4. The van der Waals surface area contributed by atoms with Crippen LogP contribution in [-0.2, 0) is 10.0 Å². The van der Waals surface area contributed by atoms with Gasteiger partial charge in [-0.25, -0.2) is 12.8 Å². The maximum absolute atomic E-state index is 13.2. The van der Waals surface area contributed by atoms with E-state index in [0.29, 0.717) is 42.6 Å². The molecular weight excluding hydrogens is 451 g/mol. The number of anilines is 1. The van der Waals surface area contributed by atoms with Gasteiger partial charge >= 0.3 is 0 Å². The Hall–Kier alpha value is -3.62. The lowest BCUT2D eigenvalue weighted by Crippen LogP contribution is -2.48. The highest BCUT2D eigenvalue weighted by Crippen LogP contribution is 2.25. The van der Waals surface area contributed by atoms with Gasteiger partial charge in [0.05, 0.1) is 10.6 Å². The van der Waals surface area contributed by atoms with E-state index >= 15 is 0 Å². The molecule has 0 radical (unpaired) electrons. The molecule has 0 atom stereocenters. The Bertz CT molecular complexity index is 1350. The first-order valence-electron chi connectivity index (χ1n) is 11.0. The number of aromatic nitrogens is 2. The number of halogens is 1. The fourth-order valence-electron chi connectivity index (χ4n) is 4.03. The van der Waals surface area contributed by atoms with Crippen molar-refractivity contribution in [1.29, 1.82) is 0 Å². The summed E-state index contributed by atoms with van der Waals surface area (Å²) >= 11 is 0. The summed E-state index contributed by atoms with van der Waals surface area (Å²) in [5, 5.41) is 8.56. The van der Waals surface area contributed by atoms with Crippen molar-refractivity contribution in [1.82, 2.24) is 14.5 Å². The zero-order valence-corrected chi connectivity index (χ0v) is 19.2. The number of rotatable bonds is 5. The standard InChI is InChI=1S/C26H23FN4O2S/c27-23-10-6-22(7-11-23)25-14-15-26(29-28-25)30-16-18-31(19-17-30)34(32,33)24-12-8-21(9-13-24)20-4-2-1-3-5-20/h1-15H,16-19H2. The van der Waals surface area contributed by atoms with Gasteiger partial charge in [-0.3, -0.25) is 0 Å². The normalized spacial score (nSPS) is 14.8. The van der Waals surface area contributed by atoms with Crippen LogP contribution in [0.1, 0.15) is 0 Å². The fourth-order valence-corrected chi connectivity index (χ4v) is 5.45. The molecule has 3 aromatic carbocycles. The van der Waals surface area contributed by atoms with Crippen LogP contribution in [0.2, 0.25) is 0 Å². The molecule has 1 aliphatic heterocycles. The molecule has 8 heteroatoms. The number of hydrogen-bond donors (Lipinski definition) is 0. The second kappa shape index (κ2) is 9.32. The highest BCUT2D eigenvalue weighted by molar-refractivity contribution is 7.89. The summed E-state index contributed by atoms with van der Waals surface area (Å²) in [4.78, 5) is 2.32. The van der Waals surface area contributed by atoms with Crippen molar-refractivity contribution in [3.63, 3.8) is 0 Å². The summed E-state index contributed by atoms with van der Waals surface area (Å²) in [6, 6.07) is 26.7. The zero-order chi connectivity index (χ0) is 23.5. The van der Waals surface area contributed by atoms with E-state index in [9.17, 15) is 12.8 Å². The van der Waals surface area contributed by atoms with E-state index in [2.05, 4.69) is 10.2 Å². The van der Waals surface area contributed by atoms with E-state index < -0.39 is 10.0 Å². The number of sulfonamides is 1. The van der Waals surface area contributed by atoms with Crippen LogP contribution in [0.25, 0.3) is 22.4 Å². The van der Waals surface area contributed by atoms with Gasteiger partial charge in [-0.2, -0.15) is 4.31 Å². The average Bonchev–Trinajstić information content (AvgIpc) is 2.90. The van der Waals surface area contributed by atoms with Gasteiger partial charge in [-0.15, -0.1) is 10.2 Å². The van der Waals surface area contributed by atoms with Gasteiger partial charge in [-0.05, 0) is 59.7 Å². The summed E-state index contributed by atoms with van der Waals surface area (Å²) < 4.78 is 41.0. The van der Waals surface area contributed by atoms with Crippen LogP contribution in [0, 0.1) is 5.82 Å². The van der Waals surface area contributed by atoms with E-state index in [0.717, 1.165) is 16.7 Å². The minimum atomic E-state index is -3.57. The topological polar surface area (TPSA) is 66.4 Å². The minimum Gasteiger partial charge on any atom is -0.352 e. The van der Waals surface area contributed by atoms with Crippen LogP contribution in [0.5, 0.6) is 0 Å². The lowest BCUT2D eigenvalue weighted by atomic mass is 10.1. The van der Waals surface area contributed by atoms with Gasteiger partial charge in [0.25, 0.3) is 0 Å². The molecule has 1 fully saturated rings. The van der Waals surface area contributed by atoms with E-state index in [4.69, 9.17) is 0 Å². The van der Waals surface area contributed by atoms with Crippen molar-refractivity contribution in [3.05, 3.63) is 96.8 Å². The molecule has 0 N–H and O–H groups in total. The molecular formula is C26H23FN4O2S. The Morgan fingerprint density at radius 1 is 0.647 bits per heavy atom. The van der Waals surface area contributed by atoms with Crippen molar-refractivity contribution in [2.45, 2.75) is 4.90 Å². The number of hydrogen-bond acceptors (Lipinski definition) is 5. The third-order valence-corrected chi connectivity index (χ3v) is 7.87. The fraction of sp³-hybridized carbons (Fsp3) is 0.154. The van der Waals surface area contributed by atoms with Crippen LogP contribution in [0.3, 0.4) is 0 Å². The van der Waals surface area contributed by atoms with Crippen LogP contribution in [0.4, 0.5) is 10.2 Å². The van der Waals surface area contributed by atoms with Crippen molar-refractivity contribution in [2.24, 2.45) is 0 Å². The monoisotopic (exact) mass is 474 g/mol. The van der Waals surface area contributed by atoms with Crippen LogP contribution < -0.4 is 4.90 Å². The van der Waals surface area contributed by atoms with Crippen LogP contribution >= 0.6 is 0 Å². The predicted octanol–water partition coefficient (Wildman–Crippen LogP) is 4.46. The maximum Gasteiger partial charge on any atom is 0.243 e. The van der Waals surface area contributed by atoms with Crippen molar-refractivity contribution in [3.8, 4) is 22.4 Å². The smallest absolute Gasteiger partial charge is 0.243 e. The molecule has 34 heavy (non-hydrogen) atoms. The number of benzene rings is 3.